The Balaban J connectivity index is 1.97. The molecule has 1 aromatic rings. The molecule has 2 atom stereocenters. The van der Waals surface area contributed by atoms with E-state index in [0.717, 1.165) is 6.42 Å². The Hall–Kier alpha value is -0.470. The molecule has 0 aromatic heterocycles. The van der Waals surface area contributed by atoms with Gasteiger partial charge in [0.25, 0.3) is 0 Å². The van der Waals surface area contributed by atoms with Crippen molar-refractivity contribution in [3.63, 3.8) is 0 Å². The summed E-state index contributed by atoms with van der Waals surface area (Å²) in [7, 11) is 0. The Labute approximate surface area is 70.4 Å². The van der Waals surface area contributed by atoms with Gasteiger partial charge in [0.05, 0.1) is 6.10 Å². The van der Waals surface area contributed by atoms with E-state index in [1.165, 1.54) is 4.90 Å². The molecular weight excluding hydrogens is 156 g/mol. The quantitative estimate of drug-likeness (QED) is 0.724. The summed E-state index contributed by atoms with van der Waals surface area (Å²) < 4.78 is 0. The van der Waals surface area contributed by atoms with Crippen molar-refractivity contribution in [1.29, 1.82) is 0 Å². The highest BCUT2D eigenvalue weighted by atomic mass is 32.2. The number of hydrogen-bond donors (Lipinski definition) is 1. The predicted octanol–water partition coefficient (Wildman–Crippen LogP) is 1.91. The summed E-state index contributed by atoms with van der Waals surface area (Å²) in [5, 5.41) is 9.52. The van der Waals surface area contributed by atoms with Crippen LogP contribution in [0.15, 0.2) is 35.2 Å². The summed E-state index contributed by atoms with van der Waals surface area (Å²) in [5.41, 5.74) is 0. The molecule has 1 saturated carbocycles. The van der Waals surface area contributed by atoms with Crippen LogP contribution >= 0.6 is 11.8 Å². The molecular formula is C9H10OS. The molecule has 1 fully saturated rings. The molecule has 1 nitrogen and oxygen atoms in total. The molecule has 0 unspecified atom stereocenters. The van der Waals surface area contributed by atoms with Crippen LogP contribution in [0.1, 0.15) is 6.42 Å². The van der Waals surface area contributed by atoms with Gasteiger partial charge in [-0.2, -0.15) is 0 Å². The third kappa shape index (κ3) is 1.76. The first kappa shape index (κ1) is 7.19. The minimum Gasteiger partial charge on any atom is -0.392 e. The Kier molecular flexibility index (Phi) is 1.88. The molecule has 11 heavy (non-hydrogen) atoms. The maximum Gasteiger partial charge on any atom is 0.0674 e. The highest BCUT2D eigenvalue weighted by Gasteiger charge is 2.35. The van der Waals surface area contributed by atoms with Gasteiger partial charge in [-0.15, -0.1) is 11.8 Å². The molecule has 2 heteroatoms. The standard InChI is InChI=1S/C9H10OS/c10-8-6-9(8)11-7-4-2-1-3-5-7/h1-5,8-10H,6H2/t8-,9-/m0/s1. The van der Waals surface area contributed by atoms with E-state index in [9.17, 15) is 0 Å². The molecule has 0 spiro atoms. The number of thioether (sulfide) groups is 1. The first-order chi connectivity index (χ1) is 5.36. The lowest BCUT2D eigenvalue weighted by atomic mass is 10.4. The van der Waals surface area contributed by atoms with Crippen LogP contribution in [0.4, 0.5) is 0 Å². The Bertz CT molecular complexity index is 235. The fraction of sp³-hybridized carbons (Fsp3) is 0.333. The second kappa shape index (κ2) is 2.88. The van der Waals surface area contributed by atoms with E-state index in [0.29, 0.717) is 5.25 Å². The van der Waals surface area contributed by atoms with Crippen molar-refractivity contribution in [1.82, 2.24) is 0 Å². The molecule has 58 valence electrons. The molecule has 2 rings (SSSR count). The van der Waals surface area contributed by atoms with Crippen LogP contribution in [0, 0.1) is 0 Å². The van der Waals surface area contributed by atoms with Gasteiger partial charge in [-0.05, 0) is 18.6 Å². The maximum absolute atomic E-state index is 9.07. The molecule has 1 aromatic carbocycles. The van der Waals surface area contributed by atoms with E-state index < -0.39 is 0 Å². The highest BCUT2D eigenvalue weighted by Crippen LogP contribution is 2.39. The predicted molar refractivity (Wildman–Crippen MR) is 46.7 cm³/mol. The first-order valence-corrected chi connectivity index (χ1v) is 4.64. The molecule has 1 aliphatic rings. The van der Waals surface area contributed by atoms with Crippen LogP contribution in [-0.2, 0) is 0 Å². The van der Waals surface area contributed by atoms with Crippen LogP contribution in [0.3, 0.4) is 0 Å². The number of hydrogen-bond acceptors (Lipinski definition) is 2. The van der Waals surface area contributed by atoms with Gasteiger partial charge < -0.3 is 5.11 Å². The molecule has 0 bridgehead atoms. The third-order valence-corrected chi connectivity index (χ3v) is 3.08. The first-order valence-electron chi connectivity index (χ1n) is 3.76. The zero-order chi connectivity index (χ0) is 7.68. The average molecular weight is 166 g/mol. The van der Waals surface area contributed by atoms with Gasteiger partial charge in [0.1, 0.15) is 0 Å². The van der Waals surface area contributed by atoms with Crippen LogP contribution in [-0.4, -0.2) is 16.5 Å². The normalized spacial score (nSPS) is 28.5. The summed E-state index contributed by atoms with van der Waals surface area (Å²) in [5.74, 6) is 0. The Morgan fingerprint density at radius 3 is 2.45 bits per heavy atom. The zero-order valence-corrected chi connectivity index (χ0v) is 6.92. The van der Waals surface area contributed by atoms with Crippen molar-refractivity contribution >= 4 is 11.8 Å². The van der Waals surface area contributed by atoms with Gasteiger partial charge in [0, 0.05) is 10.1 Å². The number of aliphatic hydroxyl groups is 1. The van der Waals surface area contributed by atoms with Crippen LogP contribution < -0.4 is 0 Å². The number of benzene rings is 1. The summed E-state index contributed by atoms with van der Waals surface area (Å²) in [6.07, 6.45) is 0.903. The largest absolute Gasteiger partial charge is 0.392 e. The highest BCUT2D eigenvalue weighted by molar-refractivity contribution is 8.00. The van der Waals surface area contributed by atoms with E-state index in [1.807, 2.05) is 18.2 Å². The Morgan fingerprint density at radius 1 is 1.27 bits per heavy atom. The topological polar surface area (TPSA) is 20.2 Å². The van der Waals surface area contributed by atoms with Gasteiger partial charge in [-0.3, -0.25) is 0 Å². The summed E-state index contributed by atoms with van der Waals surface area (Å²) in [6, 6.07) is 10.2. The molecule has 0 heterocycles. The minimum absolute atomic E-state index is 0.0554. The summed E-state index contributed by atoms with van der Waals surface area (Å²) in [4.78, 5) is 1.26. The van der Waals surface area contributed by atoms with E-state index in [4.69, 9.17) is 5.11 Å². The lowest BCUT2D eigenvalue weighted by Crippen LogP contribution is -1.84. The second-order valence-electron chi connectivity index (χ2n) is 2.77. The van der Waals surface area contributed by atoms with E-state index >= 15 is 0 Å². The summed E-state index contributed by atoms with van der Waals surface area (Å²) in [6.45, 7) is 0. The lowest BCUT2D eigenvalue weighted by Gasteiger charge is -1.96. The molecule has 1 N–H and O–H groups in total. The number of aliphatic hydroxyl groups excluding tert-OH is 1. The fourth-order valence-electron chi connectivity index (χ4n) is 0.960. The van der Waals surface area contributed by atoms with Crippen molar-refractivity contribution in [2.45, 2.75) is 22.7 Å². The van der Waals surface area contributed by atoms with Gasteiger partial charge >= 0.3 is 0 Å². The van der Waals surface area contributed by atoms with Crippen molar-refractivity contribution in [3.05, 3.63) is 30.3 Å². The SMILES string of the molecule is O[C@H]1C[C@@H]1Sc1ccccc1. The third-order valence-electron chi connectivity index (χ3n) is 1.73. The lowest BCUT2D eigenvalue weighted by molar-refractivity contribution is 0.280. The van der Waals surface area contributed by atoms with E-state index in [-0.39, 0.29) is 6.10 Å². The monoisotopic (exact) mass is 166 g/mol. The van der Waals surface area contributed by atoms with E-state index in [1.54, 1.807) is 11.8 Å². The fourth-order valence-corrected chi connectivity index (χ4v) is 2.07. The van der Waals surface area contributed by atoms with Crippen molar-refractivity contribution in [2.75, 3.05) is 0 Å². The Morgan fingerprint density at radius 2 is 1.91 bits per heavy atom. The van der Waals surface area contributed by atoms with Crippen LogP contribution in [0.2, 0.25) is 0 Å². The molecule has 0 saturated heterocycles. The smallest absolute Gasteiger partial charge is 0.0674 e. The van der Waals surface area contributed by atoms with Crippen LogP contribution in [0.25, 0.3) is 0 Å². The number of rotatable bonds is 2. The van der Waals surface area contributed by atoms with Gasteiger partial charge in [0.15, 0.2) is 0 Å². The van der Waals surface area contributed by atoms with E-state index in [2.05, 4.69) is 12.1 Å². The van der Waals surface area contributed by atoms with Crippen molar-refractivity contribution < 1.29 is 5.11 Å². The zero-order valence-electron chi connectivity index (χ0n) is 6.10. The maximum atomic E-state index is 9.07. The van der Waals surface area contributed by atoms with Crippen molar-refractivity contribution in [2.24, 2.45) is 0 Å². The molecule has 0 amide bonds. The van der Waals surface area contributed by atoms with Gasteiger partial charge in [0.2, 0.25) is 0 Å². The molecule has 1 aliphatic carbocycles. The summed E-state index contributed by atoms with van der Waals surface area (Å²) >= 11 is 1.77. The molecule has 0 aliphatic heterocycles. The second-order valence-corrected chi connectivity index (χ2v) is 4.09. The average Bonchev–Trinajstić information content (AvgIpc) is 2.69. The van der Waals surface area contributed by atoms with Gasteiger partial charge in [-0.25, -0.2) is 0 Å². The van der Waals surface area contributed by atoms with Gasteiger partial charge in [-0.1, -0.05) is 18.2 Å². The van der Waals surface area contributed by atoms with Crippen LogP contribution in [0.5, 0.6) is 0 Å². The molecule has 0 radical (unpaired) electrons. The van der Waals surface area contributed by atoms with Crippen molar-refractivity contribution in [3.8, 4) is 0 Å². The minimum atomic E-state index is -0.0554.